The molecule has 23 heavy (non-hydrogen) atoms. The zero-order valence-electron chi connectivity index (χ0n) is 12.4. The van der Waals surface area contributed by atoms with Crippen molar-refractivity contribution >= 4 is 17.5 Å². The molecular weight excluding hydrogens is 335 g/mol. The third-order valence-corrected chi connectivity index (χ3v) is 3.79. The van der Waals surface area contributed by atoms with Crippen molar-refractivity contribution in [1.82, 2.24) is 15.6 Å². The highest BCUT2D eigenvalue weighted by Gasteiger charge is 2.29. The molecule has 0 aliphatic carbocycles. The second-order valence-corrected chi connectivity index (χ2v) is 5.79. The van der Waals surface area contributed by atoms with E-state index in [9.17, 15) is 18.0 Å². The number of pyridine rings is 1. The highest BCUT2D eigenvalue weighted by Crippen LogP contribution is 2.25. The van der Waals surface area contributed by atoms with Crippen molar-refractivity contribution in [3.8, 4) is 5.88 Å². The van der Waals surface area contributed by atoms with E-state index in [0.29, 0.717) is 0 Å². The maximum atomic E-state index is 12.2. The SMILES string of the molecule is C[C@@H]1NCCC[C@@H]1NC(=O)c1cnc(OCC(F)(F)F)c(Cl)c1. The average Bonchev–Trinajstić information content (AvgIpc) is 2.47. The van der Waals surface area contributed by atoms with E-state index in [1.54, 1.807) is 0 Å². The first-order valence-corrected chi connectivity index (χ1v) is 7.53. The molecule has 2 atom stereocenters. The molecule has 0 saturated carbocycles. The Morgan fingerprint density at radius 3 is 2.91 bits per heavy atom. The summed E-state index contributed by atoms with van der Waals surface area (Å²) in [4.78, 5) is 15.9. The number of hydrogen-bond acceptors (Lipinski definition) is 4. The number of carbonyl (C=O) groups is 1. The number of amides is 1. The van der Waals surface area contributed by atoms with Crippen LogP contribution >= 0.6 is 11.6 Å². The average molecular weight is 352 g/mol. The van der Waals surface area contributed by atoms with Gasteiger partial charge in [0, 0.05) is 18.3 Å². The maximum Gasteiger partial charge on any atom is 0.422 e. The fraction of sp³-hybridized carbons (Fsp3) is 0.571. The van der Waals surface area contributed by atoms with E-state index in [2.05, 4.69) is 20.4 Å². The third-order valence-electron chi connectivity index (χ3n) is 3.52. The molecule has 0 aromatic carbocycles. The molecule has 0 radical (unpaired) electrons. The van der Waals surface area contributed by atoms with E-state index in [1.165, 1.54) is 6.07 Å². The van der Waals surface area contributed by atoms with E-state index in [1.807, 2.05) is 6.92 Å². The Kier molecular flexibility index (Phi) is 5.69. The Labute approximate surface area is 136 Å². The quantitative estimate of drug-likeness (QED) is 0.875. The molecule has 1 aromatic rings. The van der Waals surface area contributed by atoms with E-state index >= 15 is 0 Å². The van der Waals surface area contributed by atoms with Crippen molar-refractivity contribution in [3.63, 3.8) is 0 Å². The van der Waals surface area contributed by atoms with Crippen LogP contribution < -0.4 is 15.4 Å². The standard InChI is InChI=1S/C14H17ClF3N3O2/c1-8-11(3-2-4-19-8)21-12(22)9-5-10(15)13(20-6-9)23-7-14(16,17)18/h5-6,8,11,19H,2-4,7H2,1H3,(H,21,22)/t8-,11-/m0/s1. The van der Waals surface area contributed by atoms with E-state index in [4.69, 9.17) is 11.6 Å². The van der Waals surface area contributed by atoms with Gasteiger partial charge in [-0.1, -0.05) is 11.6 Å². The molecule has 1 aliphatic rings. The van der Waals surface area contributed by atoms with E-state index in [-0.39, 0.29) is 34.5 Å². The molecule has 9 heteroatoms. The lowest BCUT2D eigenvalue weighted by Gasteiger charge is -2.30. The molecule has 1 saturated heterocycles. The summed E-state index contributed by atoms with van der Waals surface area (Å²) in [5, 5.41) is 5.98. The van der Waals surface area contributed by atoms with Crippen LogP contribution in [0.3, 0.4) is 0 Å². The van der Waals surface area contributed by atoms with Gasteiger partial charge in [0.15, 0.2) is 6.61 Å². The smallest absolute Gasteiger partial charge is 0.422 e. The molecular formula is C14H17ClF3N3O2. The predicted molar refractivity (Wildman–Crippen MR) is 78.7 cm³/mol. The van der Waals surface area contributed by atoms with Crippen molar-refractivity contribution in [3.05, 3.63) is 22.8 Å². The molecule has 1 fully saturated rings. The van der Waals surface area contributed by atoms with Gasteiger partial charge in [0.05, 0.1) is 5.56 Å². The zero-order valence-corrected chi connectivity index (χ0v) is 13.2. The molecule has 1 aliphatic heterocycles. The largest absolute Gasteiger partial charge is 0.467 e. The van der Waals surface area contributed by atoms with Crippen molar-refractivity contribution < 1.29 is 22.7 Å². The Morgan fingerprint density at radius 2 is 2.30 bits per heavy atom. The second-order valence-electron chi connectivity index (χ2n) is 5.38. The highest BCUT2D eigenvalue weighted by atomic mass is 35.5. The minimum Gasteiger partial charge on any atom is -0.467 e. The maximum absolute atomic E-state index is 12.2. The minimum absolute atomic E-state index is 0.0174. The molecule has 0 spiro atoms. The van der Waals surface area contributed by atoms with Gasteiger partial charge in [-0.15, -0.1) is 0 Å². The number of aromatic nitrogens is 1. The number of hydrogen-bond donors (Lipinski definition) is 2. The Bertz CT molecular complexity index is 569. The number of halogens is 4. The fourth-order valence-electron chi connectivity index (χ4n) is 2.30. The van der Waals surface area contributed by atoms with Crippen LogP contribution in [-0.4, -0.2) is 42.3 Å². The van der Waals surface area contributed by atoms with Gasteiger partial charge in [-0.25, -0.2) is 4.98 Å². The molecule has 2 heterocycles. The van der Waals surface area contributed by atoms with Crippen LogP contribution in [-0.2, 0) is 0 Å². The van der Waals surface area contributed by atoms with Gasteiger partial charge >= 0.3 is 6.18 Å². The monoisotopic (exact) mass is 351 g/mol. The summed E-state index contributed by atoms with van der Waals surface area (Å²) in [5.74, 6) is -0.726. The van der Waals surface area contributed by atoms with Crippen LogP contribution in [0.15, 0.2) is 12.3 Å². The summed E-state index contributed by atoms with van der Waals surface area (Å²) in [6, 6.07) is 1.37. The molecule has 5 nitrogen and oxygen atoms in total. The lowest BCUT2D eigenvalue weighted by Crippen LogP contribution is -2.51. The summed E-state index contributed by atoms with van der Waals surface area (Å²) in [6.07, 6.45) is -1.52. The second kappa shape index (κ2) is 7.35. The normalized spacial score (nSPS) is 21.8. The fourth-order valence-corrected chi connectivity index (χ4v) is 2.52. The van der Waals surface area contributed by atoms with E-state index < -0.39 is 12.8 Å². The number of nitrogens with zero attached hydrogens (tertiary/aromatic N) is 1. The molecule has 2 N–H and O–H groups in total. The molecule has 1 amide bonds. The number of piperidine rings is 1. The van der Waals surface area contributed by atoms with Crippen molar-refractivity contribution in [1.29, 1.82) is 0 Å². The van der Waals surface area contributed by atoms with Crippen molar-refractivity contribution in [2.24, 2.45) is 0 Å². The lowest BCUT2D eigenvalue weighted by molar-refractivity contribution is -0.154. The minimum atomic E-state index is -4.48. The van der Waals surface area contributed by atoms with Gasteiger partial charge in [0.1, 0.15) is 5.02 Å². The van der Waals surface area contributed by atoms with Crippen LogP contribution in [0.2, 0.25) is 5.02 Å². The number of carbonyl (C=O) groups excluding carboxylic acids is 1. The zero-order chi connectivity index (χ0) is 17.0. The molecule has 128 valence electrons. The number of nitrogens with one attached hydrogen (secondary N) is 2. The molecule has 2 rings (SSSR count). The van der Waals surface area contributed by atoms with Crippen LogP contribution in [0.25, 0.3) is 0 Å². The molecule has 1 aromatic heterocycles. The summed E-state index contributed by atoms with van der Waals surface area (Å²) >= 11 is 5.83. The number of rotatable bonds is 4. The highest BCUT2D eigenvalue weighted by molar-refractivity contribution is 6.32. The summed E-state index contributed by atoms with van der Waals surface area (Å²) < 4.78 is 40.8. The van der Waals surface area contributed by atoms with Gasteiger partial charge in [0.2, 0.25) is 5.88 Å². The van der Waals surface area contributed by atoms with Crippen LogP contribution in [0, 0.1) is 0 Å². The summed E-state index contributed by atoms with van der Waals surface area (Å²) in [7, 11) is 0. The van der Waals surface area contributed by atoms with Gasteiger partial charge in [-0.3, -0.25) is 4.79 Å². The molecule has 0 unspecified atom stereocenters. The first kappa shape index (κ1) is 17.8. The number of ether oxygens (including phenoxy) is 1. The lowest BCUT2D eigenvalue weighted by atomic mass is 9.99. The first-order valence-electron chi connectivity index (χ1n) is 7.15. The third kappa shape index (κ3) is 5.24. The topological polar surface area (TPSA) is 63.2 Å². The van der Waals surface area contributed by atoms with Gasteiger partial charge in [-0.2, -0.15) is 13.2 Å². The Hall–Kier alpha value is -1.54. The van der Waals surface area contributed by atoms with Crippen LogP contribution in [0.4, 0.5) is 13.2 Å². The first-order chi connectivity index (χ1) is 10.8. The molecule has 0 bridgehead atoms. The Morgan fingerprint density at radius 1 is 1.57 bits per heavy atom. The van der Waals surface area contributed by atoms with Crippen LogP contribution in [0.5, 0.6) is 5.88 Å². The van der Waals surface area contributed by atoms with Gasteiger partial charge in [0.25, 0.3) is 5.91 Å². The Balaban J connectivity index is 2.00. The van der Waals surface area contributed by atoms with Gasteiger partial charge < -0.3 is 15.4 Å². The van der Waals surface area contributed by atoms with Crippen LogP contribution in [0.1, 0.15) is 30.1 Å². The number of alkyl halides is 3. The van der Waals surface area contributed by atoms with Gasteiger partial charge in [-0.05, 0) is 32.4 Å². The predicted octanol–water partition coefficient (Wildman–Crippen LogP) is 2.55. The summed E-state index contributed by atoms with van der Waals surface area (Å²) in [6.45, 7) is 1.39. The summed E-state index contributed by atoms with van der Waals surface area (Å²) in [5.41, 5.74) is 0.173. The van der Waals surface area contributed by atoms with E-state index in [0.717, 1.165) is 25.6 Å². The van der Waals surface area contributed by atoms with Crippen molar-refractivity contribution in [2.75, 3.05) is 13.2 Å². The van der Waals surface area contributed by atoms with Crippen molar-refractivity contribution in [2.45, 2.75) is 38.0 Å².